The lowest BCUT2D eigenvalue weighted by atomic mass is 9.82. The van der Waals surface area contributed by atoms with Gasteiger partial charge in [-0.3, -0.25) is 0 Å². The van der Waals surface area contributed by atoms with Crippen molar-refractivity contribution in [2.75, 3.05) is 4.90 Å². The average Bonchev–Trinajstić information content (AvgIpc) is 3.67. The van der Waals surface area contributed by atoms with Crippen LogP contribution in [0.3, 0.4) is 0 Å². The first-order valence-electron chi connectivity index (χ1n) is 17.7. The summed E-state index contributed by atoms with van der Waals surface area (Å²) < 4.78 is 2.61. The van der Waals surface area contributed by atoms with E-state index >= 15 is 0 Å². The summed E-state index contributed by atoms with van der Waals surface area (Å²) in [7, 11) is 0. The Hall–Kier alpha value is -5.96. The molecular weight excluding hydrogens is 635 g/mol. The monoisotopic (exact) mass is 669 g/mol. The van der Waals surface area contributed by atoms with Gasteiger partial charge in [-0.05, 0) is 92.2 Å². The summed E-state index contributed by atoms with van der Waals surface area (Å²) in [6, 6.07) is 64.9. The molecule has 2 heteroatoms. The molecule has 0 amide bonds. The van der Waals surface area contributed by atoms with Crippen LogP contribution in [0.25, 0.3) is 64.3 Å². The summed E-state index contributed by atoms with van der Waals surface area (Å²) in [5, 5.41) is 5.11. The molecule has 0 radical (unpaired) electrons. The van der Waals surface area contributed by atoms with Crippen molar-refractivity contribution in [2.45, 2.75) is 19.3 Å². The minimum absolute atomic E-state index is 0.112. The van der Waals surface area contributed by atoms with Crippen molar-refractivity contribution in [2.24, 2.45) is 0 Å². The average molecular weight is 670 g/mol. The maximum atomic E-state index is 2.48. The zero-order valence-corrected chi connectivity index (χ0v) is 29.4. The second-order valence-corrected chi connectivity index (χ2v) is 15.2. The Morgan fingerprint density at radius 3 is 1.96 bits per heavy atom. The molecule has 0 aliphatic heterocycles. The third-order valence-corrected chi connectivity index (χ3v) is 12.0. The highest BCUT2D eigenvalue weighted by Crippen LogP contribution is 2.53. The number of hydrogen-bond donors (Lipinski definition) is 0. The number of hydrogen-bond acceptors (Lipinski definition) is 2. The number of thiophene rings is 1. The molecule has 9 aromatic rings. The highest BCUT2D eigenvalue weighted by Gasteiger charge is 2.36. The molecule has 242 valence electrons. The van der Waals surface area contributed by atoms with Gasteiger partial charge < -0.3 is 4.90 Å². The SMILES string of the molecule is CC1(C)c2ccccc2-c2ccc(N(c3ccccc3)c3cccc(-c4cccc5ccccc45)c3-c3cccc4sc5ccccc5c34)cc21. The van der Waals surface area contributed by atoms with Gasteiger partial charge in [-0.2, -0.15) is 0 Å². The molecular formula is C49H35NS. The van der Waals surface area contributed by atoms with E-state index < -0.39 is 0 Å². The smallest absolute Gasteiger partial charge is 0.0546 e. The minimum atomic E-state index is -0.112. The van der Waals surface area contributed by atoms with Crippen LogP contribution >= 0.6 is 11.3 Å². The Bertz CT molecular complexity index is 2780. The van der Waals surface area contributed by atoms with Crippen LogP contribution in [0, 0.1) is 0 Å². The topological polar surface area (TPSA) is 3.24 Å². The zero-order valence-electron chi connectivity index (χ0n) is 28.6. The van der Waals surface area contributed by atoms with Gasteiger partial charge in [-0.25, -0.2) is 0 Å². The molecule has 1 heterocycles. The van der Waals surface area contributed by atoms with Gasteiger partial charge in [-0.1, -0.05) is 147 Å². The Labute approximate surface area is 302 Å². The molecule has 1 aromatic heterocycles. The van der Waals surface area contributed by atoms with E-state index in [1.807, 2.05) is 11.3 Å². The van der Waals surface area contributed by atoms with Gasteiger partial charge >= 0.3 is 0 Å². The minimum Gasteiger partial charge on any atom is -0.310 e. The van der Waals surface area contributed by atoms with E-state index in [9.17, 15) is 0 Å². The van der Waals surface area contributed by atoms with E-state index in [0.29, 0.717) is 0 Å². The second-order valence-electron chi connectivity index (χ2n) is 14.1. The van der Waals surface area contributed by atoms with Crippen molar-refractivity contribution >= 4 is 59.3 Å². The van der Waals surface area contributed by atoms with Crippen LogP contribution < -0.4 is 4.90 Å². The summed E-state index contributed by atoms with van der Waals surface area (Å²) >= 11 is 1.88. The van der Waals surface area contributed by atoms with E-state index in [1.54, 1.807) is 0 Å². The highest BCUT2D eigenvalue weighted by molar-refractivity contribution is 7.25. The summed E-state index contributed by atoms with van der Waals surface area (Å²) in [6.45, 7) is 4.73. The molecule has 0 bridgehead atoms. The van der Waals surface area contributed by atoms with E-state index in [-0.39, 0.29) is 5.41 Å². The number of nitrogens with zero attached hydrogens (tertiary/aromatic N) is 1. The first-order valence-corrected chi connectivity index (χ1v) is 18.5. The molecule has 0 N–H and O–H groups in total. The van der Waals surface area contributed by atoms with E-state index in [0.717, 1.165) is 17.1 Å². The summed E-state index contributed by atoms with van der Waals surface area (Å²) in [4.78, 5) is 2.48. The lowest BCUT2D eigenvalue weighted by Crippen LogP contribution is -2.17. The number of fused-ring (bicyclic) bond motifs is 7. The second kappa shape index (κ2) is 11.6. The molecule has 8 aromatic carbocycles. The Morgan fingerprint density at radius 1 is 0.431 bits per heavy atom. The van der Waals surface area contributed by atoms with Gasteiger partial charge in [0.2, 0.25) is 0 Å². The van der Waals surface area contributed by atoms with Gasteiger partial charge in [0, 0.05) is 42.5 Å². The van der Waals surface area contributed by atoms with Crippen LogP contribution in [0.4, 0.5) is 17.1 Å². The molecule has 0 spiro atoms. The molecule has 51 heavy (non-hydrogen) atoms. The fourth-order valence-electron chi connectivity index (χ4n) is 8.51. The van der Waals surface area contributed by atoms with Gasteiger partial charge in [0.1, 0.15) is 0 Å². The van der Waals surface area contributed by atoms with Crippen molar-refractivity contribution in [3.63, 3.8) is 0 Å². The van der Waals surface area contributed by atoms with Crippen molar-refractivity contribution in [1.82, 2.24) is 0 Å². The summed E-state index contributed by atoms with van der Waals surface area (Å²) in [5.74, 6) is 0. The van der Waals surface area contributed by atoms with E-state index in [1.165, 1.54) is 75.5 Å². The first kappa shape index (κ1) is 29.9. The van der Waals surface area contributed by atoms with Crippen molar-refractivity contribution in [3.05, 3.63) is 187 Å². The molecule has 0 fully saturated rings. The maximum absolute atomic E-state index is 2.48. The first-order chi connectivity index (χ1) is 25.1. The molecule has 0 atom stereocenters. The molecule has 1 aliphatic carbocycles. The standard InChI is InChI=1S/C49H35NS/c1-49(2)42-25-10-8-20-37(42)38-30-29-34(31-43(38)49)50(33-17-4-3-5-18-33)44-26-13-23-39(36-22-12-16-32-15-6-7-19-35(32)36)47(44)41-24-14-28-46-48(41)40-21-9-11-27-45(40)51-46/h3-31H,1-2H3. The molecule has 0 unspecified atom stereocenters. The van der Waals surface area contributed by atoms with E-state index in [4.69, 9.17) is 0 Å². The lowest BCUT2D eigenvalue weighted by Gasteiger charge is -2.31. The van der Waals surface area contributed by atoms with Crippen LogP contribution in [-0.4, -0.2) is 0 Å². The molecule has 1 nitrogen and oxygen atoms in total. The Balaban J connectivity index is 1.31. The van der Waals surface area contributed by atoms with Crippen LogP contribution in [0.15, 0.2) is 176 Å². The van der Waals surface area contributed by atoms with Gasteiger partial charge in [-0.15, -0.1) is 11.3 Å². The predicted molar refractivity (Wildman–Crippen MR) is 220 cm³/mol. The molecule has 10 rings (SSSR count). The molecule has 1 aliphatic rings. The largest absolute Gasteiger partial charge is 0.310 e. The summed E-state index contributed by atoms with van der Waals surface area (Å²) in [6.07, 6.45) is 0. The fourth-order valence-corrected chi connectivity index (χ4v) is 9.65. The van der Waals surface area contributed by atoms with Crippen molar-refractivity contribution in [1.29, 1.82) is 0 Å². The fraction of sp³-hybridized carbons (Fsp3) is 0.0612. The summed E-state index contributed by atoms with van der Waals surface area (Å²) in [5.41, 5.74) is 13.7. The predicted octanol–water partition coefficient (Wildman–Crippen LogP) is 14.3. The number of benzene rings is 8. The van der Waals surface area contributed by atoms with Crippen LogP contribution in [0.2, 0.25) is 0 Å². The van der Waals surface area contributed by atoms with Crippen molar-refractivity contribution in [3.8, 4) is 33.4 Å². The van der Waals surface area contributed by atoms with Gasteiger partial charge in [0.25, 0.3) is 0 Å². The lowest BCUT2D eigenvalue weighted by molar-refractivity contribution is 0.660. The van der Waals surface area contributed by atoms with Crippen molar-refractivity contribution < 1.29 is 0 Å². The zero-order chi connectivity index (χ0) is 34.1. The van der Waals surface area contributed by atoms with Crippen LogP contribution in [0.5, 0.6) is 0 Å². The molecule has 0 saturated heterocycles. The normalized spacial score (nSPS) is 13.1. The molecule has 0 saturated carbocycles. The third kappa shape index (κ3) is 4.60. The van der Waals surface area contributed by atoms with Crippen LogP contribution in [-0.2, 0) is 5.41 Å². The van der Waals surface area contributed by atoms with Gasteiger partial charge in [0.15, 0.2) is 0 Å². The van der Waals surface area contributed by atoms with E-state index in [2.05, 4.69) is 195 Å². The van der Waals surface area contributed by atoms with Gasteiger partial charge in [0.05, 0.1) is 5.69 Å². The van der Waals surface area contributed by atoms with Crippen LogP contribution in [0.1, 0.15) is 25.0 Å². The number of rotatable bonds is 5. The third-order valence-electron chi connectivity index (χ3n) is 10.9. The maximum Gasteiger partial charge on any atom is 0.0546 e. The quantitative estimate of drug-likeness (QED) is 0.176. The Morgan fingerprint density at radius 2 is 1.06 bits per heavy atom. The number of para-hydroxylation sites is 1. The number of anilines is 3. The Kier molecular flexibility index (Phi) is 6.78. The highest BCUT2D eigenvalue weighted by atomic mass is 32.1.